The van der Waals surface area contributed by atoms with Gasteiger partial charge in [0.05, 0.1) is 0 Å². The zero-order chi connectivity index (χ0) is 67.9. The molecule has 0 aliphatic heterocycles. The van der Waals surface area contributed by atoms with Gasteiger partial charge >= 0.3 is 0 Å². The van der Waals surface area contributed by atoms with E-state index in [-0.39, 0.29) is 14.9 Å². The Morgan fingerprint density at radius 3 is 0.691 bits per heavy atom. The third-order valence-corrected chi connectivity index (χ3v) is 12.0. The predicted octanol–water partition coefficient (Wildman–Crippen LogP) is 26.6. The van der Waals surface area contributed by atoms with Crippen molar-refractivity contribution in [1.82, 2.24) is 19.9 Å². The van der Waals surface area contributed by atoms with Gasteiger partial charge in [0.1, 0.15) is 0 Å². The van der Waals surface area contributed by atoms with Gasteiger partial charge in [-0.3, -0.25) is 19.9 Å². The van der Waals surface area contributed by atoms with E-state index in [1.807, 2.05) is 237 Å². The molecule has 4 nitrogen and oxygen atoms in total. The largest absolute Gasteiger partial charge is 0.265 e. The van der Waals surface area contributed by atoms with Crippen molar-refractivity contribution in [3.05, 3.63) is 416 Å². The van der Waals surface area contributed by atoms with Crippen LogP contribution in [0.5, 0.6) is 0 Å². The summed E-state index contributed by atoms with van der Waals surface area (Å²) in [5.74, 6) is 1.17. The Labute approximate surface area is 574 Å². The molecule has 8 aromatic carbocycles. The fraction of sp³-hybridized carbons (Fsp3) is 0.222. The zero-order valence-corrected chi connectivity index (χ0v) is 58.0. The highest BCUT2D eigenvalue weighted by Gasteiger charge is 2.16. The molecule has 498 valence electrons. The van der Waals surface area contributed by atoms with Crippen LogP contribution in [0, 0.1) is 27.7 Å². The van der Waals surface area contributed by atoms with E-state index in [0.717, 1.165) is 6.42 Å². The molecular formula is C90H118N4. The molecule has 0 spiro atoms. The quantitative estimate of drug-likeness (QED) is 0.152. The molecule has 12 aromatic rings. The summed E-state index contributed by atoms with van der Waals surface area (Å²) in [7, 11) is 0. The summed E-state index contributed by atoms with van der Waals surface area (Å²) in [5.41, 5.74) is 10.8. The second-order valence-corrected chi connectivity index (χ2v) is 19.0. The van der Waals surface area contributed by atoms with Crippen molar-refractivity contribution in [2.45, 2.75) is 136 Å². The van der Waals surface area contributed by atoms with E-state index in [1.54, 1.807) is 49.6 Å². The lowest BCUT2D eigenvalue weighted by molar-refractivity contribution is 0.525. The number of benzene rings is 8. The van der Waals surface area contributed by atoms with E-state index >= 15 is 0 Å². The maximum Gasteiger partial charge on any atom is 0.0267 e. The highest BCUT2D eigenvalue weighted by Crippen LogP contribution is 2.33. The van der Waals surface area contributed by atoms with Crippen LogP contribution in [0.1, 0.15) is 146 Å². The first-order chi connectivity index (χ1) is 45.3. The molecule has 0 amide bonds. The molecule has 0 aliphatic rings. The molecule has 12 rings (SSSR count). The van der Waals surface area contributed by atoms with Crippen LogP contribution in [0.25, 0.3) is 6.08 Å². The molecule has 0 bridgehead atoms. The van der Waals surface area contributed by atoms with Crippen molar-refractivity contribution >= 4 is 6.08 Å². The first-order valence-electron chi connectivity index (χ1n) is 32.6. The van der Waals surface area contributed by atoms with E-state index in [4.69, 9.17) is 0 Å². The molecule has 4 heterocycles. The maximum atomic E-state index is 3.78. The Morgan fingerprint density at radius 1 is 0.287 bits per heavy atom. The maximum absolute atomic E-state index is 3.78. The highest BCUT2D eigenvalue weighted by atomic mass is 14.6. The van der Waals surface area contributed by atoms with Crippen LogP contribution in [-0.2, 0) is 6.42 Å². The van der Waals surface area contributed by atoms with E-state index in [2.05, 4.69) is 201 Å². The molecule has 4 heteroatoms. The van der Waals surface area contributed by atoms with Gasteiger partial charge in [-0.25, -0.2) is 0 Å². The standard InChI is InChI=1S/C24H26.C8H8.4C7H8.4C5H5N.4C2H6.2CH4/c1-20(22-13-7-3-8-14-22)19-24(23-15-9-4-10-16-23)18-17-21-11-5-2-6-12-21;1-2-8-6-4-3-5-7-8;4*1-7-5-3-2-4-6-7;4*1-2-4-6-5-3-1;4*1-2;;/h2-16,20,24H,17-19H2,1H3;2-7H,1H2;4*2-6H,1H3;4*1-5H;4*1-2H3;2*1H4. The number of hydrogen-bond donors (Lipinski definition) is 0. The lowest BCUT2D eigenvalue weighted by atomic mass is 9.83. The van der Waals surface area contributed by atoms with Crippen molar-refractivity contribution in [2.75, 3.05) is 0 Å². The van der Waals surface area contributed by atoms with Gasteiger partial charge in [0.2, 0.25) is 0 Å². The minimum absolute atomic E-state index is 0. The van der Waals surface area contributed by atoms with E-state index < -0.39 is 0 Å². The summed E-state index contributed by atoms with van der Waals surface area (Å²) in [5, 5.41) is 0. The van der Waals surface area contributed by atoms with E-state index in [1.165, 1.54) is 57.3 Å². The third-order valence-electron chi connectivity index (χ3n) is 12.0. The number of aryl methyl sites for hydroxylation is 5. The number of nitrogens with zero attached hydrogens (tertiary/aromatic N) is 4. The molecule has 0 radical (unpaired) electrons. The van der Waals surface area contributed by atoms with Gasteiger partial charge in [-0.05, 0) is 130 Å². The Balaban J connectivity index is -0.000000496. The minimum Gasteiger partial charge on any atom is -0.265 e. The summed E-state index contributed by atoms with van der Waals surface area (Å²) >= 11 is 0. The van der Waals surface area contributed by atoms with Crippen LogP contribution in [0.4, 0.5) is 0 Å². The SMILES string of the molecule is C.C.C=Cc1ccccc1.CC.CC.CC.CC.CC(CC(CCc1ccccc1)c1ccccc1)c1ccccc1.Cc1ccccc1.Cc1ccccc1.Cc1ccccc1.Cc1ccccc1.c1ccncc1.c1ccncc1.c1ccncc1.c1ccncc1. The summed E-state index contributed by atoms with van der Waals surface area (Å²) in [6.07, 6.45) is 19.4. The van der Waals surface area contributed by atoms with Crippen LogP contribution >= 0.6 is 0 Å². The number of hydrogen-bond acceptors (Lipinski definition) is 4. The smallest absolute Gasteiger partial charge is 0.0267 e. The van der Waals surface area contributed by atoms with Crippen LogP contribution in [-0.4, -0.2) is 19.9 Å². The van der Waals surface area contributed by atoms with Gasteiger partial charge in [0.15, 0.2) is 0 Å². The molecule has 2 unspecified atom stereocenters. The van der Waals surface area contributed by atoms with E-state index in [9.17, 15) is 0 Å². The Hall–Kier alpha value is -9.90. The molecule has 2 atom stereocenters. The Kier molecular flexibility index (Phi) is 69.5. The van der Waals surface area contributed by atoms with Crippen LogP contribution in [0.15, 0.2) is 372 Å². The van der Waals surface area contributed by atoms with Crippen molar-refractivity contribution in [3.63, 3.8) is 0 Å². The lowest BCUT2D eigenvalue weighted by Gasteiger charge is -2.22. The first kappa shape index (κ1) is 90.5. The molecule has 0 saturated heterocycles. The van der Waals surface area contributed by atoms with Gasteiger partial charge in [-0.2, -0.15) is 0 Å². The first-order valence-corrected chi connectivity index (χ1v) is 32.6. The predicted molar refractivity (Wildman–Crippen MR) is 420 cm³/mol. The van der Waals surface area contributed by atoms with Crippen LogP contribution in [0.2, 0.25) is 0 Å². The molecule has 0 fully saturated rings. The highest BCUT2D eigenvalue weighted by molar-refractivity contribution is 5.45. The van der Waals surface area contributed by atoms with Crippen LogP contribution < -0.4 is 0 Å². The summed E-state index contributed by atoms with van der Waals surface area (Å²) in [4.78, 5) is 15.1. The van der Waals surface area contributed by atoms with E-state index in [0.29, 0.717) is 11.8 Å². The minimum atomic E-state index is 0. The molecule has 0 N–H and O–H groups in total. The normalized spacial score (nSPS) is 9.03. The lowest BCUT2D eigenvalue weighted by Crippen LogP contribution is -2.06. The van der Waals surface area contributed by atoms with Crippen molar-refractivity contribution in [2.24, 2.45) is 0 Å². The second kappa shape index (κ2) is 72.2. The van der Waals surface area contributed by atoms with Gasteiger partial charge < -0.3 is 0 Å². The second-order valence-electron chi connectivity index (χ2n) is 19.0. The summed E-state index contributed by atoms with van der Waals surface area (Å²) < 4.78 is 0. The van der Waals surface area contributed by atoms with Gasteiger partial charge in [0, 0.05) is 49.6 Å². The number of rotatable bonds is 8. The fourth-order valence-corrected chi connectivity index (χ4v) is 7.45. The Bertz CT molecular complexity index is 2820. The number of aromatic nitrogens is 4. The van der Waals surface area contributed by atoms with Gasteiger partial charge in [0.25, 0.3) is 0 Å². The molecule has 0 aliphatic carbocycles. The fourth-order valence-electron chi connectivity index (χ4n) is 7.45. The average molecular weight is 1260 g/mol. The molecule has 94 heavy (non-hydrogen) atoms. The molecule has 0 saturated carbocycles. The molecular weight excluding hydrogens is 1140 g/mol. The van der Waals surface area contributed by atoms with Crippen molar-refractivity contribution in [3.8, 4) is 0 Å². The zero-order valence-electron chi connectivity index (χ0n) is 58.0. The van der Waals surface area contributed by atoms with Gasteiger partial charge in [-0.1, -0.05) is 379 Å². The number of pyridine rings is 4. The monoisotopic (exact) mass is 1250 g/mol. The summed E-state index contributed by atoms with van der Waals surface area (Å²) in [6, 6.07) is 107. The average Bonchev–Trinajstić information content (AvgIpc) is 1.06. The van der Waals surface area contributed by atoms with Gasteiger partial charge in [-0.15, -0.1) is 0 Å². The van der Waals surface area contributed by atoms with Crippen molar-refractivity contribution < 1.29 is 0 Å². The third kappa shape index (κ3) is 57.3. The Morgan fingerprint density at radius 2 is 0.500 bits per heavy atom. The topological polar surface area (TPSA) is 51.6 Å². The molecule has 4 aromatic heterocycles. The van der Waals surface area contributed by atoms with Crippen LogP contribution in [0.3, 0.4) is 0 Å². The summed E-state index contributed by atoms with van der Waals surface area (Å²) in [6.45, 7) is 30.3. The van der Waals surface area contributed by atoms with Crippen molar-refractivity contribution in [1.29, 1.82) is 0 Å².